The van der Waals surface area contributed by atoms with E-state index in [-0.39, 0.29) is 0 Å². The van der Waals surface area contributed by atoms with Crippen LogP contribution in [0.5, 0.6) is 5.75 Å². The lowest BCUT2D eigenvalue weighted by Crippen LogP contribution is -2.49. The number of carbonyl (C=O) groups is 1. The Labute approximate surface area is 263 Å². The molecule has 0 atom stereocenters. The number of ether oxygens (including phenoxy) is 3. The van der Waals surface area contributed by atoms with Gasteiger partial charge in [0.1, 0.15) is 12.4 Å². The molecule has 0 saturated carbocycles. The number of hydrogen-bond acceptors (Lipinski definition) is 8. The van der Waals surface area contributed by atoms with Crippen LogP contribution in [0.15, 0.2) is 42.5 Å². The van der Waals surface area contributed by atoms with E-state index in [4.69, 9.17) is 36.5 Å². The predicted octanol–water partition coefficient (Wildman–Crippen LogP) is 4.08. The summed E-state index contributed by atoms with van der Waals surface area (Å²) >= 11 is 6.71. The third-order valence-corrected chi connectivity index (χ3v) is 9.78. The smallest absolute Gasteiger partial charge is 0.249 e. The highest BCUT2D eigenvalue weighted by molar-refractivity contribution is 6.32. The van der Waals surface area contributed by atoms with Crippen LogP contribution in [0, 0.1) is 0 Å². The first kappa shape index (κ1) is 29.5. The third kappa shape index (κ3) is 6.17. The Morgan fingerprint density at radius 1 is 0.955 bits per heavy atom. The van der Waals surface area contributed by atoms with Gasteiger partial charge >= 0.3 is 0 Å². The lowest BCUT2D eigenvalue weighted by Gasteiger charge is -2.40. The predicted molar refractivity (Wildman–Crippen MR) is 172 cm³/mol. The van der Waals surface area contributed by atoms with E-state index in [1.807, 2.05) is 18.2 Å². The first-order chi connectivity index (χ1) is 21.5. The number of hydrogen-bond donors (Lipinski definition) is 1. The van der Waals surface area contributed by atoms with Crippen molar-refractivity contribution < 1.29 is 19.0 Å². The van der Waals surface area contributed by atoms with E-state index in [0.717, 1.165) is 100 Å². The molecule has 3 fully saturated rings. The lowest BCUT2D eigenvalue weighted by molar-refractivity contribution is 0.0000709. The van der Waals surface area contributed by atoms with Gasteiger partial charge in [-0.3, -0.25) is 14.6 Å². The van der Waals surface area contributed by atoms with Crippen LogP contribution in [0.25, 0.3) is 22.5 Å². The number of fused-ring (bicyclic) bond motifs is 3. The van der Waals surface area contributed by atoms with E-state index in [0.29, 0.717) is 41.1 Å². The number of carbonyl (C=O) groups excluding carboxylic acids is 1. The first-order valence-electron chi connectivity index (χ1n) is 15.8. The average molecular weight is 618 g/mol. The minimum absolute atomic E-state index is 0.453. The molecule has 1 aliphatic carbocycles. The lowest BCUT2D eigenvalue weighted by atomic mass is 10.0. The number of halogens is 1. The Morgan fingerprint density at radius 3 is 2.43 bits per heavy atom. The zero-order valence-electron chi connectivity index (χ0n) is 25.1. The van der Waals surface area contributed by atoms with Crippen molar-refractivity contribution in [3.63, 3.8) is 0 Å². The summed E-state index contributed by atoms with van der Waals surface area (Å²) < 4.78 is 17.1. The minimum atomic E-state index is -0.453. The Kier molecular flexibility index (Phi) is 8.73. The molecule has 4 heterocycles. The molecule has 1 aromatic heterocycles. The van der Waals surface area contributed by atoms with Gasteiger partial charge in [-0.05, 0) is 73.5 Å². The number of piperidine rings is 1. The largest absolute Gasteiger partial charge is 0.491 e. The fourth-order valence-electron chi connectivity index (χ4n) is 7.02. The topological polar surface area (TPSA) is 93.4 Å². The second-order valence-electron chi connectivity index (χ2n) is 12.1. The Morgan fingerprint density at radius 2 is 1.70 bits per heavy atom. The van der Waals surface area contributed by atoms with Gasteiger partial charge in [0, 0.05) is 67.6 Å². The summed E-state index contributed by atoms with van der Waals surface area (Å²) in [5, 5.41) is 0.520. The van der Waals surface area contributed by atoms with Crippen LogP contribution in [-0.4, -0.2) is 106 Å². The number of anilines is 1. The van der Waals surface area contributed by atoms with Crippen LogP contribution in [0.2, 0.25) is 5.02 Å². The molecule has 232 valence electrons. The molecule has 7 rings (SSSR count). The quantitative estimate of drug-likeness (QED) is 0.316. The highest BCUT2D eigenvalue weighted by Crippen LogP contribution is 2.41. The summed E-state index contributed by atoms with van der Waals surface area (Å²) in [6.07, 6.45) is 3.01. The van der Waals surface area contributed by atoms with Gasteiger partial charge in [0.25, 0.3) is 0 Å². The van der Waals surface area contributed by atoms with E-state index in [1.165, 1.54) is 18.5 Å². The number of nitrogens with two attached hydrogens (primary N) is 1. The van der Waals surface area contributed by atoms with Gasteiger partial charge in [-0.15, -0.1) is 0 Å². The second-order valence-corrected chi connectivity index (χ2v) is 12.5. The normalized spacial score (nSPS) is 19.5. The van der Waals surface area contributed by atoms with E-state index in [9.17, 15) is 4.79 Å². The number of likely N-dealkylation sites (tertiary alicyclic amines) is 1. The molecule has 1 amide bonds. The Bertz CT molecular complexity index is 1510. The number of pyridine rings is 1. The molecule has 0 unspecified atom stereocenters. The number of benzene rings is 2. The molecule has 4 aliphatic rings. The maximum atomic E-state index is 12.6. The van der Waals surface area contributed by atoms with Crippen LogP contribution in [0.1, 0.15) is 34.3 Å². The average Bonchev–Trinajstić information content (AvgIpc) is 3.44. The van der Waals surface area contributed by atoms with Crippen LogP contribution < -0.4 is 15.4 Å². The standard InChI is InChI=1S/C34H40ClN5O4/c35-30-21-23(1-4-32(30)44-18-9-38-7-5-25(6-8-38)39-10-14-42-15-11-39)31-22-29(34(36)41)28-20-24-19-26(40-12-16-43-17-13-40)2-3-27(24)33(28)37-31/h1-4,19,21-22,25H,5-18,20H2,(H2,36,41). The number of primary amides is 1. The maximum Gasteiger partial charge on any atom is 0.249 e. The summed E-state index contributed by atoms with van der Waals surface area (Å²) in [6, 6.07) is 14.6. The van der Waals surface area contributed by atoms with Gasteiger partial charge in [0.2, 0.25) is 5.91 Å². The third-order valence-electron chi connectivity index (χ3n) is 9.49. The minimum Gasteiger partial charge on any atom is -0.491 e. The summed E-state index contributed by atoms with van der Waals surface area (Å²) in [4.78, 5) is 25.0. The van der Waals surface area contributed by atoms with E-state index < -0.39 is 5.91 Å². The van der Waals surface area contributed by atoms with Gasteiger partial charge in [0.05, 0.1) is 42.8 Å². The van der Waals surface area contributed by atoms with Gasteiger partial charge < -0.3 is 24.8 Å². The molecule has 0 bridgehead atoms. The van der Waals surface area contributed by atoms with Crippen molar-refractivity contribution in [1.29, 1.82) is 0 Å². The van der Waals surface area contributed by atoms with E-state index >= 15 is 0 Å². The van der Waals surface area contributed by atoms with E-state index in [2.05, 4.69) is 32.9 Å². The zero-order valence-corrected chi connectivity index (χ0v) is 25.9. The molecule has 3 saturated heterocycles. The fraction of sp³-hybridized carbons (Fsp3) is 0.471. The SMILES string of the molecule is NC(=O)c1cc(-c2ccc(OCCN3CCC(N4CCOCC4)CC3)c(Cl)c2)nc2c1Cc1cc(N3CCOCC3)ccc1-2. The molecule has 10 heteroatoms. The van der Waals surface area contributed by atoms with Crippen molar-refractivity contribution in [1.82, 2.24) is 14.8 Å². The van der Waals surface area contributed by atoms with Crippen LogP contribution >= 0.6 is 11.6 Å². The monoisotopic (exact) mass is 617 g/mol. The van der Waals surface area contributed by atoms with Crippen molar-refractivity contribution in [2.75, 3.05) is 83.7 Å². The van der Waals surface area contributed by atoms with Gasteiger partial charge in [-0.1, -0.05) is 17.7 Å². The number of amides is 1. The van der Waals surface area contributed by atoms with Gasteiger partial charge in [-0.25, -0.2) is 4.98 Å². The van der Waals surface area contributed by atoms with Gasteiger partial charge in [0.15, 0.2) is 0 Å². The summed E-state index contributed by atoms with van der Waals surface area (Å²) in [6.45, 7) is 10.6. The molecule has 2 N–H and O–H groups in total. The summed E-state index contributed by atoms with van der Waals surface area (Å²) in [7, 11) is 0. The van der Waals surface area contributed by atoms with Crippen molar-refractivity contribution in [2.45, 2.75) is 25.3 Å². The number of aromatic nitrogens is 1. The van der Waals surface area contributed by atoms with Crippen LogP contribution in [0.4, 0.5) is 5.69 Å². The summed E-state index contributed by atoms with van der Waals surface area (Å²) in [5.41, 5.74) is 12.9. The van der Waals surface area contributed by atoms with Gasteiger partial charge in [-0.2, -0.15) is 0 Å². The Balaban J connectivity index is 1.02. The number of rotatable bonds is 8. The van der Waals surface area contributed by atoms with Crippen molar-refractivity contribution in [3.05, 3.63) is 64.2 Å². The van der Waals surface area contributed by atoms with Crippen molar-refractivity contribution >= 4 is 23.2 Å². The molecular formula is C34H40ClN5O4. The highest BCUT2D eigenvalue weighted by Gasteiger charge is 2.28. The Hall–Kier alpha value is -3.21. The maximum absolute atomic E-state index is 12.6. The molecule has 3 aromatic rings. The van der Waals surface area contributed by atoms with E-state index in [1.54, 1.807) is 6.07 Å². The number of morpholine rings is 2. The fourth-order valence-corrected chi connectivity index (χ4v) is 7.25. The van der Waals surface area contributed by atoms with Crippen LogP contribution in [-0.2, 0) is 15.9 Å². The van der Waals surface area contributed by atoms with Crippen LogP contribution in [0.3, 0.4) is 0 Å². The molecule has 0 spiro atoms. The molecule has 0 radical (unpaired) electrons. The molecule has 2 aromatic carbocycles. The first-order valence-corrected chi connectivity index (χ1v) is 16.2. The molecule has 44 heavy (non-hydrogen) atoms. The number of nitrogens with zero attached hydrogens (tertiary/aromatic N) is 4. The van der Waals surface area contributed by atoms with Crippen molar-refractivity contribution in [2.24, 2.45) is 5.73 Å². The molecular weight excluding hydrogens is 578 g/mol. The molecule has 3 aliphatic heterocycles. The summed E-state index contributed by atoms with van der Waals surface area (Å²) in [5.74, 6) is 0.196. The molecule has 9 nitrogen and oxygen atoms in total. The highest BCUT2D eigenvalue weighted by atomic mass is 35.5. The zero-order chi connectivity index (χ0) is 30.0. The van der Waals surface area contributed by atoms with Crippen molar-refractivity contribution in [3.8, 4) is 28.3 Å². The second kappa shape index (κ2) is 13.0.